The van der Waals surface area contributed by atoms with Crippen LogP contribution in [-0.4, -0.2) is 36.2 Å². The molecule has 22 heavy (non-hydrogen) atoms. The van der Waals surface area contributed by atoms with Crippen molar-refractivity contribution in [2.45, 2.75) is 13.8 Å². The smallest absolute Gasteiger partial charge is 0.247 e. The van der Waals surface area contributed by atoms with Gasteiger partial charge in [-0.1, -0.05) is 17.7 Å². The minimum atomic E-state index is -1.08. The average molecular weight is 304 g/mol. The summed E-state index contributed by atoms with van der Waals surface area (Å²) in [4.78, 5) is 37.6. The Balaban J connectivity index is 2.20. The van der Waals surface area contributed by atoms with Crippen molar-refractivity contribution in [3.63, 3.8) is 0 Å². The highest BCUT2D eigenvalue weighted by molar-refractivity contribution is 6.08. The van der Waals surface area contributed by atoms with Crippen molar-refractivity contribution in [1.29, 1.82) is 0 Å². The van der Waals surface area contributed by atoms with Gasteiger partial charge in [0, 0.05) is 19.3 Å². The normalized spacial score (nSPS) is 20.9. The van der Waals surface area contributed by atoms with Crippen LogP contribution >= 0.6 is 0 Å². The molecule has 0 unspecified atom stereocenters. The van der Waals surface area contributed by atoms with E-state index in [0.29, 0.717) is 5.69 Å². The van der Waals surface area contributed by atoms with Gasteiger partial charge in [0.25, 0.3) is 0 Å². The van der Waals surface area contributed by atoms with E-state index in [-0.39, 0.29) is 12.5 Å². The zero-order chi connectivity index (χ0) is 16.4. The fourth-order valence-electron chi connectivity index (χ4n) is 2.70. The number of nitrogens with zero attached hydrogens (tertiary/aromatic N) is 1. The quantitative estimate of drug-likeness (QED) is 0.315. The van der Waals surface area contributed by atoms with E-state index in [2.05, 4.69) is 5.32 Å². The SMILES string of the molecule is Cc1ccc(NC(=O)[C@H]2CN(C)C(=O)[C@@H]2C(=O)NN)c(C)c1. The number of nitrogens with two attached hydrogens (primary N) is 1. The monoisotopic (exact) mass is 304 g/mol. The molecule has 0 spiro atoms. The molecule has 4 N–H and O–H groups in total. The van der Waals surface area contributed by atoms with Gasteiger partial charge in [-0.2, -0.15) is 0 Å². The number of likely N-dealkylation sites (tertiary alicyclic amines) is 1. The van der Waals surface area contributed by atoms with Gasteiger partial charge < -0.3 is 10.2 Å². The van der Waals surface area contributed by atoms with Crippen LogP contribution in [0.4, 0.5) is 5.69 Å². The number of hydrogen-bond acceptors (Lipinski definition) is 4. The van der Waals surface area contributed by atoms with Crippen molar-refractivity contribution in [2.24, 2.45) is 17.7 Å². The standard InChI is InChI=1S/C15H20N4O3/c1-8-4-5-11(9(2)6-8)17-13(20)10-7-19(3)15(22)12(10)14(21)18-16/h4-6,10,12H,7,16H2,1-3H3,(H,17,20)(H,18,21)/t10-,12-/m0/s1. The van der Waals surface area contributed by atoms with Crippen molar-refractivity contribution in [1.82, 2.24) is 10.3 Å². The lowest BCUT2D eigenvalue weighted by Crippen LogP contribution is -2.43. The number of nitrogens with one attached hydrogen (secondary N) is 2. The predicted octanol–water partition coefficient (Wildman–Crippen LogP) is -0.0638. The number of hydrazine groups is 1. The van der Waals surface area contributed by atoms with E-state index in [0.717, 1.165) is 11.1 Å². The van der Waals surface area contributed by atoms with Crippen LogP contribution in [0.15, 0.2) is 18.2 Å². The minimum Gasteiger partial charge on any atom is -0.344 e. The van der Waals surface area contributed by atoms with E-state index < -0.39 is 23.7 Å². The van der Waals surface area contributed by atoms with E-state index in [4.69, 9.17) is 5.84 Å². The molecule has 1 heterocycles. The molecule has 0 radical (unpaired) electrons. The summed E-state index contributed by atoms with van der Waals surface area (Å²) in [6, 6.07) is 5.64. The van der Waals surface area contributed by atoms with Crippen LogP contribution < -0.4 is 16.6 Å². The van der Waals surface area contributed by atoms with Crippen LogP contribution in [0, 0.1) is 25.7 Å². The second kappa shape index (κ2) is 6.15. The minimum absolute atomic E-state index is 0.188. The van der Waals surface area contributed by atoms with Crippen LogP contribution in [0.25, 0.3) is 0 Å². The number of benzene rings is 1. The first-order valence-corrected chi connectivity index (χ1v) is 6.98. The molecular formula is C15H20N4O3. The summed E-state index contributed by atoms with van der Waals surface area (Å²) in [7, 11) is 1.56. The first-order chi connectivity index (χ1) is 10.3. The Morgan fingerprint density at radius 1 is 1.27 bits per heavy atom. The Kier molecular flexibility index (Phi) is 4.46. The zero-order valence-electron chi connectivity index (χ0n) is 12.8. The Morgan fingerprint density at radius 3 is 2.55 bits per heavy atom. The molecule has 118 valence electrons. The van der Waals surface area contributed by atoms with E-state index in [1.54, 1.807) is 13.1 Å². The lowest BCUT2D eigenvalue weighted by atomic mass is 9.93. The number of amides is 3. The molecular weight excluding hydrogens is 284 g/mol. The van der Waals surface area contributed by atoms with Crippen LogP contribution in [-0.2, 0) is 14.4 Å². The number of aryl methyl sites for hydroxylation is 2. The van der Waals surface area contributed by atoms with Crippen LogP contribution in [0.1, 0.15) is 11.1 Å². The Bertz CT molecular complexity index is 629. The maximum Gasteiger partial charge on any atom is 0.247 e. The van der Waals surface area contributed by atoms with Gasteiger partial charge in [0.15, 0.2) is 0 Å². The van der Waals surface area contributed by atoms with E-state index >= 15 is 0 Å². The molecule has 1 saturated heterocycles. The maximum absolute atomic E-state index is 12.5. The largest absolute Gasteiger partial charge is 0.344 e. The second-order valence-corrected chi connectivity index (χ2v) is 5.62. The van der Waals surface area contributed by atoms with Crippen LogP contribution in [0.5, 0.6) is 0 Å². The summed E-state index contributed by atoms with van der Waals surface area (Å²) in [5.41, 5.74) is 4.64. The predicted molar refractivity (Wildman–Crippen MR) is 81.5 cm³/mol. The van der Waals surface area contributed by atoms with Crippen molar-refractivity contribution in [3.8, 4) is 0 Å². The van der Waals surface area contributed by atoms with Gasteiger partial charge in [-0.25, -0.2) is 5.84 Å². The third kappa shape index (κ3) is 2.94. The van der Waals surface area contributed by atoms with E-state index in [1.165, 1.54) is 4.90 Å². The summed E-state index contributed by atoms with van der Waals surface area (Å²) < 4.78 is 0. The summed E-state index contributed by atoms with van der Waals surface area (Å²) >= 11 is 0. The van der Waals surface area contributed by atoms with Gasteiger partial charge >= 0.3 is 0 Å². The van der Waals surface area contributed by atoms with Gasteiger partial charge in [0.05, 0.1) is 5.92 Å². The molecule has 0 bridgehead atoms. The highest BCUT2D eigenvalue weighted by Gasteiger charge is 2.47. The first kappa shape index (κ1) is 16.0. The first-order valence-electron chi connectivity index (χ1n) is 6.98. The van der Waals surface area contributed by atoms with Gasteiger partial charge in [-0.05, 0) is 25.5 Å². The van der Waals surface area contributed by atoms with Crippen LogP contribution in [0.3, 0.4) is 0 Å². The number of carbonyl (C=O) groups is 3. The highest BCUT2D eigenvalue weighted by atomic mass is 16.2. The third-order valence-corrected chi connectivity index (χ3v) is 3.92. The molecule has 1 aromatic carbocycles. The molecule has 1 fully saturated rings. The fourth-order valence-corrected chi connectivity index (χ4v) is 2.70. The summed E-state index contributed by atoms with van der Waals surface area (Å²) in [6.45, 7) is 4.04. The topological polar surface area (TPSA) is 105 Å². The molecule has 0 aliphatic carbocycles. The van der Waals surface area contributed by atoms with Gasteiger partial charge in [0.2, 0.25) is 17.7 Å². The molecule has 1 aliphatic heterocycles. The molecule has 0 saturated carbocycles. The summed E-state index contributed by atoms with van der Waals surface area (Å²) in [5.74, 6) is 1.86. The Labute approximate surface area is 128 Å². The second-order valence-electron chi connectivity index (χ2n) is 5.62. The molecule has 7 heteroatoms. The maximum atomic E-state index is 12.5. The van der Waals surface area contributed by atoms with Crippen molar-refractivity contribution >= 4 is 23.4 Å². The molecule has 2 rings (SSSR count). The Hall–Kier alpha value is -2.41. The summed E-state index contributed by atoms with van der Waals surface area (Å²) in [5, 5.41) is 2.79. The highest BCUT2D eigenvalue weighted by Crippen LogP contribution is 2.26. The number of hydrogen-bond donors (Lipinski definition) is 3. The number of anilines is 1. The molecule has 3 amide bonds. The average Bonchev–Trinajstić information content (AvgIpc) is 2.77. The summed E-state index contributed by atoms with van der Waals surface area (Å²) in [6.07, 6.45) is 0. The van der Waals surface area contributed by atoms with E-state index in [1.807, 2.05) is 31.4 Å². The molecule has 0 aromatic heterocycles. The number of rotatable bonds is 3. The van der Waals surface area contributed by atoms with Gasteiger partial charge in [-0.3, -0.25) is 19.8 Å². The van der Waals surface area contributed by atoms with Crippen molar-refractivity contribution in [3.05, 3.63) is 29.3 Å². The van der Waals surface area contributed by atoms with Crippen molar-refractivity contribution < 1.29 is 14.4 Å². The lowest BCUT2D eigenvalue weighted by Gasteiger charge is -2.16. The number of carbonyl (C=O) groups excluding carboxylic acids is 3. The fraction of sp³-hybridized carbons (Fsp3) is 0.400. The Morgan fingerprint density at radius 2 is 1.95 bits per heavy atom. The molecule has 7 nitrogen and oxygen atoms in total. The van der Waals surface area contributed by atoms with E-state index in [9.17, 15) is 14.4 Å². The van der Waals surface area contributed by atoms with Crippen molar-refractivity contribution in [2.75, 3.05) is 18.9 Å². The zero-order valence-corrected chi connectivity index (χ0v) is 12.8. The molecule has 1 aromatic rings. The van der Waals surface area contributed by atoms with Gasteiger partial charge in [-0.15, -0.1) is 0 Å². The third-order valence-electron chi connectivity index (χ3n) is 3.92. The molecule has 1 aliphatic rings. The van der Waals surface area contributed by atoms with Gasteiger partial charge in [0.1, 0.15) is 5.92 Å². The lowest BCUT2D eigenvalue weighted by molar-refractivity contribution is -0.140. The van der Waals surface area contributed by atoms with Crippen LogP contribution in [0.2, 0.25) is 0 Å². The molecule has 2 atom stereocenters.